The number of benzene rings is 2. The number of carbonyl (C=O) groups is 1. The Labute approximate surface area is 164 Å². The van der Waals surface area contributed by atoms with E-state index in [1.54, 1.807) is 22.7 Å². The van der Waals surface area contributed by atoms with Crippen molar-refractivity contribution in [2.24, 2.45) is 0 Å². The third-order valence-electron chi connectivity index (χ3n) is 4.09. The van der Waals surface area contributed by atoms with Gasteiger partial charge in [0.15, 0.2) is 11.6 Å². The van der Waals surface area contributed by atoms with Crippen LogP contribution in [0.25, 0.3) is 16.9 Å². The minimum Gasteiger partial charge on any atom is -0.309 e. The number of hydrogen-bond acceptors (Lipinski definition) is 3. The van der Waals surface area contributed by atoms with E-state index < -0.39 is 11.6 Å². The molecule has 0 aliphatic carbocycles. The molecule has 0 atom stereocenters. The molecule has 4 aromatic rings. The third-order valence-corrected chi connectivity index (χ3v) is 5.11. The lowest BCUT2D eigenvalue weighted by molar-refractivity contribution is -0.113. The van der Waals surface area contributed by atoms with Crippen LogP contribution in [0.15, 0.2) is 77.8 Å². The van der Waals surface area contributed by atoms with E-state index in [-0.39, 0.29) is 11.7 Å². The van der Waals surface area contributed by atoms with Crippen molar-refractivity contribution in [3.63, 3.8) is 0 Å². The molecule has 140 valence electrons. The molecule has 2 aromatic carbocycles. The van der Waals surface area contributed by atoms with Gasteiger partial charge in [0, 0.05) is 16.7 Å². The highest BCUT2D eigenvalue weighted by Gasteiger charge is 2.17. The van der Waals surface area contributed by atoms with Crippen LogP contribution in [0.1, 0.15) is 0 Å². The van der Waals surface area contributed by atoms with E-state index >= 15 is 0 Å². The van der Waals surface area contributed by atoms with Crippen LogP contribution in [0.5, 0.6) is 0 Å². The van der Waals surface area contributed by atoms with Crippen molar-refractivity contribution in [2.75, 3.05) is 11.1 Å². The van der Waals surface area contributed by atoms with Crippen LogP contribution < -0.4 is 5.32 Å². The minimum absolute atomic E-state index is 0.210. The Hall–Kier alpha value is -3.19. The maximum atomic E-state index is 13.7. The highest BCUT2D eigenvalue weighted by molar-refractivity contribution is 8.00. The second-order valence-corrected chi connectivity index (χ2v) is 7.07. The van der Waals surface area contributed by atoms with Crippen molar-refractivity contribution >= 4 is 29.1 Å². The third kappa shape index (κ3) is 3.75. The van der Waals surface area contributed by atoms with E-state index in [2.05, 4.69) is 10.3 Å². The zero-order valence-corrected chi connectivity index (χ0v) is 15.4. The largest absolute Gasteiger partial charge is 0.309 e. The van der Waals surface area contributed by atoms with Gasteiger partial charge in [-0.05, 0) is 42.5 Å². The van der Waals surface area contributed by atoms with Crippen LogP contribution in [0.4, 0.5) is 14.6 Å². The van der Waals surface area contributed by atoms with Gasteiger partial charge >= 0.3 is 0 Å². The fourth-order valence-electron chi connectivity index (χ4n) is 2.79. The highest BCUT2D eigenvalue weighted by Crippen LogP contribution is 2.30. The standard InChI is InChI=1S/C21H15F2N3OS/c22-16-10-9-14(12-17(16)23)20-21(26-11-5-4-8-18(26)24-20)25-19(27)13-28-15-6-2-1-3-7-15/h1-12H,13H2,(H,25,27). The molecule has 0 saturated carbocycles. The van der Waals surface area contributed by atoms with E-state index in [0.29, 0.717) is 22.7 Å². The lowest BCUT2D eigenvalue weighted by Crippen LogP contribution is -2.16. The molecule has 0 unspecified atom stereocenters. The molecule has 0 radical (unpaired) electrons. The van der Waals surface area contributed by atoms with Crippen LogP contribution in [-0.4, -0.2) is 21.0 Å². The van der Waals surface area contributed by atoms with Gasteiger partial charge in [0.25, 0.3) is 0 Å². The molecular weight excluding hydrogens is 380 g/mol. The van der Waals surface area contributed by atoms with Crippen LogP contribution >= 0.6 is 11.8 Å². The van der Waals surface area contributed by atoms with E-state index in [4.69, 9.17) is 0 Å². The van der Waals surface area contributed by atoms with Crippen molar-refractivity contribution < 1.29 is 13.6 Å². The molecule has 0 fully saturated rings. The van der Waals surface area contributed by atoms with Gasteiger partial charge in [-0.1, -0.05) is 24.3 Å². The summed E-state index contributed by atoms with van der Waals surface area (Å²) < 4.78 is 28.8. The lowest BCUT2D eigenvalue weighted by Gasteiger charge is -2.08. The zero-order chi connectivity index (χ0) is 19.5. The Morgan fingerprint density at radius 3 is 2.57 bits per heavy atom. The normalized spacial score (nSPS) is 10.9. The smallest absolute Gasteiger partial charge is 0.235 e. The molecule has 2 aromatic heterocycles. The predicted octanol–water partition coefficient (Wildman–Crippen LogP) is 5.01. The van der Waals surface area contributed by atoms with Crippen LogP contribution in [0.2, 0.25) is 0 Å². The van der Waals surface area contributed by atoms with Crippen molar-refractivity contribution in [1.29, 1.82) is 0 Å². The topological polar surface area (TPSA) is 46.4 Å². The van der Waals surface area contributed by atoms with Gasteiger partial charge in [-0.25, -0.2) is 13.8 Å². The summed E-state index contributed by atoms with van der Waals surface area (Å²) in [6, 6.07) is 18.5. The SMILES string of the molecule is O=C(CSc1ccccc1)Nc1c(-c2ccc(F)c(F)c2)nc2ccccn12. The van der Waals surface area contributed by atoms with Gasteiger partial charge in [-0.3, -0.25) is 9.20 Å². The second-order valence-electron chi connectivity index (χ2n) is 6.02. The van der Waals surface area contributed by atoms with Crippen LogP contribution in [0.3, 0.4) is 0 Å². The summed E-state index contributed by atoms with van der Waals surface area (Å²) in [4.78, 5) is 18.0. The molecule has 0 aliphatic heterocycles. The van der Waals surface area contributed by atoms with Crippen molar-refractivity contribution in [3.05, 3.63) is 84.6 Å². The molecular formula is C21H15F2N3OS. The fraction of sp³-hybridized carbons (Fsp3) is 0.0476. The Kier molecular flexibility index (Phi) is 5.08. The monoisotopic (exact) mass is 395 g/mol. The first-order chi connectivity index (χ1) is 13.6. The second kappa shape index (κ2) is 7.82. The summed E-state index contributed by atoms with van der Waals surface area (Å²) >= 11 is 1.41. The number of rotatable bonds is 5. The molecule has 0 aliphatic rings. The first-order valence-corrected chi connectivity index (χ1v) is 9.50. The van der Waals surface area contributed by atoms with Gasteiger partial charge in [-0.15, -0.1) is 11.8 Å². The van der Waals surface area contributed by atoms with Crippen molar-refractivity contribution in [3.8, 4) is 11.3 Å². The number of pyridine rings is 1. The maximum absolute atomic E-state index is 13.7. The Morgan fingerprint density at radius 2 is 1.79 bits per heavy atom. The summed E-state index contributed by atoms with van der Waals surface area (Å²) in [6.07, 6.45) is 1.76. The number of carbonyl (C=O) groups excluding carboxylic acids is 1. The predicted molar refractivity (Wildman–Crippen MR) is 106 cm³/mol. The zero-order valence-electron chi connectivity index (χ0n) is 14.6. The van der Waals surface area contributed by atoms with Crippen LogP contribution in [0, 0.1) is 11.6 Å². The molecule has 1 amide bonds. The number of fused-ring (bicyclic) bond motifs is 1. The number of nitrogens with zero attached hydrogens (tertiary/aromatic N) is 2. The molecule has 7 heteroatoms. The summed E-state index contributed by atoms with van der Waals surface area (Å²) in [5.74, 6) is -1.49. The van der Waals surface area contributed by atoms with Gasteiger partial charge in [0.05, 0.1) is 5.75 Å². The number of imidazole rings is 1. The average Bonchev–Trinajstić information content (AvgIpc) is 3.08. The van der Waals surface area contributed by atoms with Crippen molar-refractivity contribution in [2.45, 2.75) is 4.90 Å². The fourth-order valence-corrected chi connectivity index (χ4v) is 3.51. The van der Waals surface area contributed by atoms with Gasteiger partial charge < -0.3 is 5.32 Å². The van der Waals surface area contributed by atoms with Crippen LogP contribution in [-0.2, 0) is 4.79 Å². The van der Waals surface area contributed by atoms with E-state index in [0.717, 1.165) is 17.0 Å². The highest BCUT2D eigenvalue weighted by atomic mass is 32.2. The molecule has 0 bridgehead atoms. The number of halogens is 2. The molecule has 4 nitrogen and oxygen atoms in total. The Balaban J connectivity index is 1.65. The first-order valence-electron chi connectivity index (χ1n) is 8.52. The number of hydrogen-bond donors (Lipinski definition) is 1. The molecule has 0 spiro atoms. The minimum atomic E-state index is -0.966. The molecule has 4 rings (SSSR count). The summed E-state index contributed by atoms with van der Waals surface area (Å²) in [7, 11) is 0. The van der Waals surface area contributed by atoms with Crippen molar-refractivity contribution in [1.82, 2.24) is 9.38 Å². The summed E-state index contributed by atoms with van der Waals surface area (Å²) in [6.45, 7) is 0. The molecule has 1 N–H and O–H groups in total. The number of anilines is 1. The van der Waals surface area contributed by atoms with Gasteiger partial charge in [0.2, 0.25) is 5.91 Å². The quantitative estimate of drug-likeness (QED) is 0.483. The average molecular weight is 395 g/mol. The lowest BCUT2D eigenvalue weighted by atomic mass is 10.1. The molecule has 0 saturated heterocycles. The summed E-state index contributed by atoms with van der Waals surface area (Å²) in [5.41, 5.74) is 1.35. The Bertz CT molecular complexity index is 1150. The van der Waals surface area contributed by atoms with E-state index in [9.17, 15) is 13.6 Å². The van der Waals surface area contributed by atoms with E-state index in [1.165, 1.54) is 17.8 Å². The molecule has 2 heterocycles. The number of amides is 1. The van der Waals surface area contributed by atoms with Gasteiger partial charge in [-0.2, -0.15) is 0 Å². The number of thioether (sulfide) groups is 1. The Morgan fingerprint density at radius 1 is 1.00 bits per heavy atom. The van der Waals surface area contributed by atoms with Gasteiger partial charge in [0.1, 0.15) is 17.2 Å². The molecule has 28 heavy (non-hydrogen) atoms. The summed E-state index contributed by atoms with van der Waals surface area (Å²) in [5, 5.41) is 2.86. The maximum Gasteiger partial charge on any atom is 0.235 e. The van der Waals surface area contributed by atoms with E-state index in [1.807, 2.05) is 36.4 Å². The first kappa shape index (κ1) is 18.2. The number of aromatic nitrogens is 2. The number of nitrogens with one attached hydrogen (secondary N) is 1.